The van der Waals surface area contributed by atoms with Crippen LogP contribution in [0.15, 0.2) is 0 Å². The summed E-state index contributed by atoms with van der Waals surface area (Å²) in [6.07, 6.45) is 3.98. The van der Waals surface area contributed by atoms with E-state index in [0.717, 1.165) is 50.0 Å². The number of hydrogen-bond donors (Lipinski definition) is 1. The van der Waals surface area contributed by atoms with Crippen molar-refractivity contribution in [1.29, 1.82) is 0 Å². The van der Waals surface area contributed by atoms with Crippen LogP contribution in [-0.4, -0.2) is 46.9 Å². The Hall–Kier alpha value is -2.18. The molecule has 2 heterocycles. The second-order valence-corrected chi connectivity index (χ2v) is 7.21. The maximum absolute atomic E-state index is 12.4. The van der Waals surface area contributed by atoms with Crippen molar-refractivity contribution in [2.45, 2.75) is 52.9 Å². The average molecular weight is 362 g/mol. The van der Waals surface area contributed by atoms with Gasteiger partial charge in [-0.3, -0.25) is 9.59 Å². The van der Waals surface area contributed by atoms with E-state index in [1.807, 2.05) is 18.7 Å². The predicted molar refractivity (Wildman–Crippen MR) is 99.3 cm³/mol. The second kappa shape index (κ2) is 8.96. The lowest BCUT2D eigenvalue weighted by atomic mass is 9.89. The zero-order valence-electron chi connectivity index (χ0n) is 16.2. The smallest absolute Gasteiger partial charge is 0.306 e. The van der Waals surface area contributed by atoms with Gasteiger partial charge < -0.3 is 15.4 Å². The van der Waals surface area contributed by atoms with E-state index in [0.29, 0.717) is 17.6 Å². The molecule has 7 nitrogen and oxygen atoms in total. The van der Waals surface area contributed by atoms with E-state index in [-0.39, 0.29) is 24.2 Å². The maximum Gasteiger partial charge on any atom is 0.306 e. The second-order valence-electron chi connectivity index (χ2n) is 7.21. The Morgan fingerprint density at radius 3 is 2.50 bits per heavy atom. The molecule has 7 heteroatoms. The van der Waals surface area contributed by atoms with Crippen LogP contribution in [0, 0.1) is 25.7 Å². The molecule has 26 heavy (non-hydrogen) atoms. The number of hydrogen-bond acceptors (Lipinski definition) is 6. The number of esters is 1. The summed E-state index contributed by atoms with van der Waals surface area (Å²) in [5.74, 6) is 1.23. The van der Waals surface area contributed by atoms with Crippen LogP contribution in [0.5, 0.6) is 0 Å². The van der Waals surface area contributed by atoms with E-state index < -0.39 is 0 Å². The van der Waals surface area contributed by atoms with Crippen molar-refractivity contribution in [2.24, 2.45) is 11.8 Å². The molecule has 1 fully saturated rings. The Balaban J connectivity index is 1.82. The van der Waals surface area contributed by atoms with Crippen LogP contribution in [0.1, 0.15) is 49.7 Å². The third-order valence-electron chi connectivity index (χ3n) is 5.21. The SMILES string of the molecule is COC(=O)C[C@@H](C)C(=O)N1CCC(CCc2c(C)nc(C)nc2N)CC1. The molecule has 1 aromatic rings. The van der Waals surface area contributed by atoms with Crippen LogP contribution in [0.3, 0.4) is 0 Å². The number of aromatic nitrogens is 2. The molecule has 1 saturated heterocycles. The fourth-order valence-corrected chi connectivity index (χ4v) is 3.59. The standard InChI is InChI=1S/C19H30N4O3/c1-12(11-17(24)26-4)19(25)23-9-7-15(8-10-23)5-6-16-13(2)21-14(3)22-18(16)20/h12,15H,5-11H2,1-4H3,(H2,20,21,22)/t12-/m1/s1. The molecule has 1 aromatic heterocycles. The number of ether oxygens (including phenoxy) is 1. The number of methoxy groups -OCH3 is 1. The van der Waals surface area contributed by atoms with Gasteiger partial charge in [0.1, 0.15) is 11.6 Å². The van der Waals surface area contributed by atoms with Gasteiger partial charge in [-0.15, -0.1) is 0 Å². The zero-order valence-corrected chi connectivity index (χ0v) is 16.2. The molecule has 0 radical (unpaired) electrons. The number of aryl methyl sites for hydroxylation is 2. The lowest BCUT2D eigenvalue weighted by Gasteiger charge is -2.33. The molecule has 0 saturated carbocycles. The zero-order chi connectivity index (χ0) is 19.3. The topological polar surface area (TPSA) is 98.4 Å². The monoisotopic (exact) mass is 362 g/mol. The van der Waals surface area contributed by atoms with Crippen molar-refractivity contribution in [2.75, 3.05) is 25.9 Å². The van der Waals surface area contributed by atoms with E-state index in [9.17, 15) is 9.59 Å². The summed E-state index contributed by atoms with van der Waals surface area (Å²) in [7, 11) is 1.35. The molecule has 1 aliphatic heterocycles. The quantitative estimate of drug-likeness (QED) is 0.778. The molecule has 0 aliphatic carbocycles. The number of rotatable bonds is 6. The van der Waals surface area contributed by atoms with Gasteiger partial charge in [0.05, 0.1) is 13.5 Å². The number of amides is 1. The number of carbonyl (C=O) groups excluding carboxylic acids is 2. The van der Waals surface area contributed by atoms with Gasteiger partial charge in [-0.2, -0.15) is 0 Å². The molecule has 0 bridgehead atoms. The van der Waals surface area contributed by atoms with E-state index in [4.69, 9.17) is 5.73 Å². The first-order valence-corrected chi connectivity index (χ1v) is 9.27. The minimum atomic E-state index is -0.339. The van der Waals surface area contributed by atoms with Crippen LogP contribution in [0.25, 0.3) is 0 Å². The lowest BCUT2D eigenvalue weighted by molar-refractivity contribution is -0.146. The normalized spacial score (nSPS) is 16.4. The summed E-state index contributed by atoms with van der Waals surface area (Å²) < 4.78 is 4.65. The van der Waals surface area contributed by atoms with E-state index in [1.165, 1.54) is 7.11 Å². The predicted octanol–water partition coefficient (Wildman–Crippen LogP) is 2.05. The molecule has 0 spiro atoms. The number of nitrogens with zero attached hydrogens (tertiary/aromatic N) is 3. The van der Waals surface area contributed by atoms with E-state index in [2.05, 4.69) is 14.7 Å². The Bertz CT molecular complexity index is 631. The van der Waals surface area contributed by atoms with Crippen molar-refractivity contribution < 1.29 is 14.3 Å². The number of anilines is 1. The largest absolute Gasteiger partial charge is 0.469 e. The Morgan fingerprint density at radius 1 is 1.27 bits per heavy atom. The van der Waals surface area contributed by atoms with Gasteiger partial charge in [0.15, 0.2) is 0 Å². The van der Waals surface area contributed by atoms with Gasteiger partial charge in [-0.05, 0) is 45.4 Å². The van der Waals surface area contributed by atoms with Crippen LogP contribution >= 0.6 is 0 Å². The summed E-state index contributed by atoms with van der Waals surface area (Å²) >= 11 is 0. The average Bonchev–Trinajstić information content (AvgIpc) is 2.60. The van der Waals surface area contributed by atoms with E-state index in [1.54, 1.807) is 6.92 Å². The van der Waals surface area contributed by atoms with Gasteiger partial charge in [-0.1, -0.05) is 6.92 Å². The van der Waals surface area contributed by atoms with Crippen molar-refractivity contribution >= 4 is 17.7 Å². The fourth-order valence-electron chi connectivity index (χ4n) is 3.59. The molecule has 0 unspecified atom stereocenters. The Kier molecular flexibility index (Phi) is 6.94. The maximum atomic E-state index is 12.4. The Labute approximate surface area is 155 Å². The number of likely N-dealkylation sites (tertiary alicyclic amines) is 1. The van der Waals surface area contributed by atoms with Gasteiger partial charge in [-0.25, -0.2) is 9.97 Å². The first kappa shape index (κ1) is 20.1. The molecule has 144 valence electrons. The summed E-state index contributed by atoms with van der Waals surface area (Å²) in [5, 5.41) is 0. The highest BCUT2D eigenvalue weighted by Crippen LogP contribution is 2.25. The number of carbonyl (C=O) groups is 2. The third kappa shape index (κ3) is 5.16. The van der Waals surface area contributed by atoms with Crippen LogP contribution < -0.4 is 5.73 Å². The van der Waals surface area contributed by atoms with Crippen molar-refractivity contribution in [3.05, 3.63) is 17.1 Å². The lowest BCUT2D eigenvalue weighted by Crippen LogP contribution is -2.41. The highest BCUT2D eigenvalue weighted by atomic mass is 16.5. The molecular formula is C19H30N4O3. The summed E-state index contributed by atoms with van der Waals surface area (Å²) in [5.41, 5.74) is 8.04. The van der Waals surface area contributed by atoms with E-state index >= 15 is 0 Å². The van der Waals surface area contributed by atoms with Gasteiger partial charge in [0, 0.05) is 30.3 Å². The molecule has 1 aliphatic rings. The molecule has 1 atom stereocenters. The summed E-state index contributed by atoms with van der Waals surface area (Å²) in [4.78, 5) is 34.3. The minimum absolute atomic E-state index is 0.0425. The molecule has 0 aromatic carbocycles. The highest BCUT2D eigenvalue weighted by Gasteiger charge is 2.27. The molecule has 1 amide bonds. The fraction of sp³-hybridized carbons (Fsp3) is 0.684. The van der Waals surface area contributed by atoms with Crippen molar-refractivity contribution in [3.8, 4) is 0 Å². The minimum Gasteiger partial charge on any atom is -0.469 e. The van der Waals surface area contributed by atoms with Crippen molar-refractivity contribution in [1.82, 2.24) is 14.9 Å². The summed E-state index contributed by atoms with van der Waals surface area (Å²) in [6.45, 7) is 7.10. The van der Waals surface area contributed by atoms with Crippen molar-refractivity contribution in [3.63, 3.8) is 0 Å². The first-order valence-electron chi connectivity index (χ1n) is 9.27. The van der Waals surface area contributed by atoms with Crippen LogP contribution in [0.2, 0.25) is 0 Å². The number of nitrogens with two attached hydrogens (primary N) is 1. The van der Waals surface area contributed by atoms with Crippen LogP contribution in [-0.2, 0) is 20.7 Å². The third-order valence-corrected chi connectivity index (χ3v) is 5.21. The van der Waals surface area contributed by atoms with Gasteiger partial charge in [0.25, 0.3) is 0 Å². The van der Waals surface area contributed by atoms with Gasteiger partial charge in [0.2, 0.25) is 5.91 Å². The highest BCUT2D eigenvalue weighted by molar-refractivity contribution is 5.83. The van der Waals surface area contributed by atoms with Gasteiger partial charge >= 0.3 is 5.97 Å². The van der Waals surface area contributed by atoms with Crippen LogP contribution in [0.4, 0.5) is 5.82 Å². The number of nitrogen functional groups attached to an aromatic ring is 1. The Morgan fingerprint density at radius 2 is 1.92 bits per heavy atom. The molecule has 2 rings (SSSR count). The summed E-state index contributed by atoms with van der Waals surface area (Å²) in [6, 6.07) is 0. The molecular weight excluding hydrogens is 332 g/mol. The number of piperidine rings is 1. The first-order chi connectivity index (χ1) is 12.3. The molecule has 2 N–H and O–H groups in total.